The maximum atomic E-state index is 5.71. The zero-order valence-electron chi connectivity index (χ0n) is 12.3. The Kier molecular flexibility index (Phi) is 5.16. The first-order valence-electron chi connectivity index (χ1n) is 7.28. The minimum Gasteiger partial charge on any atom is -0.375 e. The van der Waals surface area contributed by atoms with Gasteiger partial charge in [-0.15, -0.1) is 0 Å². The summed E-state index contributed by atoms with van der Waals surface area (Å²) in [5.41, 5.74) is 2.41. The van der Waals surface area contributed by atoms with Crippen LogP contribution in [-0.4, -0.2) is 37.3 Å². The van der Waals surface area contributed by atoms with Crippen molar-refractivity contribution < 1.29 is 4.74 Å². The molecule has 1 aromatic rings. The van der Waals surface area contributed by atoms with Crippen LogP contribution in [0.2, 0.25) is 0 Å². The second-order valence-electron chi connectivity index (χ2n) is 5.04. The van der Waals surface area contributed by atoms with Gasteiger partial charge in [0.1, 0.15) is 5.82 Å². The fourth-order valence-electron chi connectivity index (χ4n) is 2.37. The Balaban J connectivity index is 2.06. The number of pyridine rings is 1. The van der Waals surface area contributed by atoms with E-state index in [1.54, 1.807) is 0 Å². The van der Waals surface area contributed by atoms with Gasteiger partial charge in [0.15, 0.2) is 0 Å². The third kappa shape index (κ3) is 3.67. The highest BCUT2D eigenvalue weighted by Gasteiger charge is 2.20. The maximum absolute atomic E-state index is 5.71. The van der Waals surface area contributed by atoms with Crippen molar-refractivity contribution in [1.29, 1.82) is 0 Å². The van der Waals surface area contributed by atoms with Crippen LogP contribution >= 0.6 is 0 Å². The molecule has 0 aromatic carbocycles. The fraction of sp³-hybridized carbons (Fsp3) is 0.667. The summed E-state index contributed by atoms with van der Waals surface area (Å²) in [7, 11) is 0. The van der Waals surface area contributed by atoms with Crippen LogP contribution in [0.3, 0.4) is 0 Å². The number of ether oxygens (including phenoxy) is 1. The van der Waals surface area contributed by atoms with E-state index in [9.17, 15) is 0 Å². The van der Waals surface area contributed by atoms with Gasteiger partial charge in [0.25, 0.3) is 0 Å². The van der Waals surface area contributed by atoms with Crippen molar-refractivity contribution in [2.75, 3.05) is 31.1 Å². The molecule has 4 heteroatoms. The molecule has 1 N–H and O–H groups in total. The van der Waals surface area contributed by atoms with E-state index in [1.807, 2.05) is 0 Å². The minimum absolute atomic E-state index is 0.345. The molecule has 1 fully saturated rings. The minimum atomic E-state index is 0.345. The van der Waals surface area contributed by atoms with Crippen LogP contribution in [0.15, 0.2) is 12.1 Å². The van der Waals surface area contributed by atoms with E-state index in [0.29, 0.717) is 6.10 Å². The molecule has 1 aromatic heterocycles. The average molecular weight is 263 g/mol. The first-order chi connectivity index (χ1) is 9.24. The summed E-state index contributed by atoms with van der Waals surface area (Å²) in [6.07, 6.45) is 1.41. The average Bonchev–Trinajstić information content (AvgIpc) is 2.46. The van der Waals surface area contributed by atoms with Gasteiger partial charge >= 0.3 is 0 Å². The number of rotatable bonds is 5. The highest BCUT2D eigenvalue weighted by atomic mass is 16.5. The molecular weight excluding hydrogens is 238 g/mol. The number of hydrogen-bond acceptors (Lipinski definition) is 4. The lowest BCUT2D eigenvalue weighted by Crippen LogP contribution is -2.42. The van der Waals surface area contributed by atoms with E-state index in [-0.39, 0.29) is 0 Å². The third-order valence-electron chi connectivity index (χ3n) is 3.66. The fourth-order valence-corrected chi connectivity index (χ4v) is 2.37. The third-order valence-corrected chi connectivity index (χ3v) is 3.66. The van der Waals surface area contributed by atoms with Crippen LogP contribution in [0.25, 0.3) is 0 Å². The number of nitrogens with one attached hydrogen (secondary N) is 1. The lowest BCUT2D eigenvalue weighted by Gasteiger charge is -2.33. The number of nitrogens with zero attached hydrogens (tertiary/aromatic N) is 2. The van der Waals surface area contributed by atoms with E-state index in [2.05, 4.69) is 43.1 Å². The van der Waals surface area contributed by atoms with Crippen molar-refractivity contribution in [2.24, 2.45) is 0 Å². The van der Waals surface area contributed by atoms with E-state index in [4.69, 9.17) is 9.72 Å². The van der Waals surface area contributed by atoms with Crippen LogP contribution in [0.5, 0.6) is 0 Å². The van der Waals surface area contributed by atoms with Crippen molar-refractivity contribution >= 4 is 5.82 Å². The van der Waals surface area contributed by atoms with Gasteiger partial charge in [0.05, 0.1) is 12.7 Å². The van der Waals surface area contributed by atoms with Crippen molar-refractivity contribution in [3.8, 4) is 0 Å². The zero-order chi connectivity index (χ0) is 13.7. The Morgan fingerprint density at radius 1 is 1.42 bits per heavy atom. The predicted molar refractivity (Wildman–Crippen MR) is 78.6 cm³/mol. The molecule has 106 valence electrons. The molecule has 1 atom stereocenters. The molecule has 2 heterocycles. The first-order valence-corrected chi connectivity index (χ1v) is 7.28. The molecule has 1 unspecified atom stereocenters. The Hall–Kier alpha value is -1.13. The monoisotopic (exact) mass is 263 g/mol. The molecule has 0 aliphatic carbocycles. The lowest BCUT2D eigenvalue weighted by atomic mass is 10.2. The van der Waals surface area contributed by atoms with Gasteiger partial charge in [-0.3, -0.25) is 0 Å². The maximum Gasteiger partial charge on any atom is 0.128 e. The van der Waals surface area contributed by atoms with E-state index < -0.39 is 0 Å². The molecule has 1 aliphatic rings. The molecule has 0 saturated carbocycles. The topological polar surface area (TPSA) is 37.4 Å². The Morgan fingerprint density at radius 2 is 2.26 bits per heavy atom. The second kappa shape index (κ2) is 6.87. The van der Waals surface area contributed by atoms with Gasteiger partial charge in [0.2, 0.25) is 0 Å². The van der Waals surface area contributed by atoms with Crippen LogP contribution in [0.1, 0.15) is 31.5 Å². The summed E-state index contributed by atoms with van der Waals surface area (Å²) in [6.45, 7) is 11.0. The van der Waals surface area contributed by atoms with Gasteiger partial charge in [-0.1, -0.05) is 19.9 Å². The molecule has 19 heavy (non-hydrogen) atoms. The molecule has 2 rings (SSSR count). The van der Waals surface area contributed by atoms with Crippen molar-refractivity contribution in [3.63, 3.8) is 0 Å². The summed E-state index contributed by atoms with van der Waals surface area (Å²) in [4.78, 5) is 7.08. The number of hydrogen-bond donors (Lipinski definition) is 1. The molecule has 0 spiro atoms. The Morgan fingerprint density at radius 3 is 2.95 bits per heavy atom. The highest BCUT2D eigenvalue weighted by Crippen LogP contribution is 2.18. The van der Waals surface area contributed by atoms with Gasteiger partial charge < -0.3 is 15.0 Å². The van der Waals surface area contributed by atoms with Gasteiger partial charge in [-0.2, -0.15) is 0 Å². The molecular formula is C15H25N3O. The molecule has 0 radical (unpaired) electrons. The quantitative estimate of drug-likeness (QED) is 0.883. The summed E-state index contributed by atoms with van der Waals surface area (Å²) in [5, 5.41) is 3.35. The highest BCUT2D eigenvalue weighted by molar-refractivity contribution is 5.42. The Labute approximate surface area is 116 Å². The van der Waals surface area contributed by atoms with Crippen LogP contribution < -0.4 is 10.2 Å². The summed E-state index contributed by atoms with van der Waals surface area (Å²) in [6, 6.07) is 4.33. The standard InChI is InChI=1S/C15H25N3O/c1-4-14-11-18(8-9-19-14)15-7-6-13(10-16-5-2)12(3)17-15/h6-7,14,16H,4-5,8-11H2,1-3H3. The van der Waals surface area contributed by atoms with Crippen molar-refractivity contribution in [2.45, 2.75) is 39.8 Å². The molecule has 0 amide bonds. The molecule has 1 saturated heterocycles. The van der Waals surface area contributed by atoms with Crippen LogP contribution in [-0.2, 0) is 11.3 Å². The van der Waals surface area contributed by atoms with E-state index >= 15 is 0 Å². The van der Waals surface area contributed by atoms with Crippen molar-refractivity contribution in [1.82, 2.24) is 10.3 Å². The predicted octanol–water partition coefficient (Wildman–Crippen LogP) is 2.11. The van der Waals surface area contributed by atoms with E-state index in [1.165, 1.54) is 5.56 Å². The summed E-state index contributed by atoms with van der Waals surface area (Å²) < 4.78 is 5.71. The molecule has 0 bridgehead atoms. The number of morpholine rings is 1. The molecule has 1 aliphatic heterocycles. The van der Waals surface area contributed by atoms with E-state index in [0.717, 1.165) is 50.7 Å². The largest absolute Gasteiger partial charge is 0.375 e. The lowest BCUT2D eigenvalue weighted by molar-refractivity contribution is 0.0381. The van der Waals surface area contributed by atoms with Crippen molar-refractivity contribution in [3.05, 3.63) is 23.4 Å². The number of aromatic nitrogens is 1. The van der Waals surface area contributed by atoms with Gasteiger partial charge in [-0.05, 0) is 31.5 Å². The van der Waals surface area contributed by atoms with Gasteiger partial charge in [0, 0.05) is 25.3 Å². The first kappa shape index (κ1) is 14.3. The molecule has 4 nitrogen and oxygen atoms in total. The zero-order valence-corrected chi connectivity index (χ0v) is 12.3. The van der Waals surface area contributed by atoms with Crippen LogP contribution in [0, 0.1) is 6.92 Å². The smallest absolute Gasteiger partial charge is 0.128 e. The summed E-state index contributed by atoms with van der Waals surface area (Å²) >= 11 is 0. The number of anilines is 1. The SMILES string of the molecule is CCNCc1ccc(N2CCOC(CC)C2)nc1C. The van der Waals surface area contributed by atoms with Crippen LogP contribution in [0.4, 0.5) is 5.82 Å². The summed E-state index contributed by atoms with van der Waals surface area (Å²) in [5.74, 6) is 1.08. The Bertz CT molecular complexity index is 408. The second-order valence-corrected chi connectivity index (χ2v) is 5.04. The normalized spacial score (nSPS) is 19.7. The number of aryl methyl sites for hydroxylation is 1. The van der Waals surface area contributed by atoms with Gasteiger partial charge in [-0.25, -0.2) is 4.98 Å².